The van der Waals surface area contributed by atoms with Crippen LogP contribution in [0.3, 0.4) is 0 Å². The molecule has 0 amide bonds. The molecule has 0 aliphatic carbocycles. The van der Waals surface area contributed by atoms with E-state index >= 15 is 0 Å². The van der Waals surface area contributed by atoms with Crippen molar-refractivity contribution < 1.29 is 35.4 Å². The molecule has 0 aliphatic rings. The second-order valence-corrected chi connectivity index (χ2v) is 3.73. The van der Waals surface area contributed by atoms with Crippen molar-refractivity contribution in [2.45, 2.75) is 30.5 Å². The smallest absolute Gasteiger partial charge is 0.111 e. The van der Waals surface area contributed by atoms with E-state index in [9.17, 15) is 15.3 Å². The van der Waals surface area contributed by atoms with Gasteiger partial charge in [0, 0.05) is 6.54 Å². The number of nitrogens with two attached hydrogens (primary N) is 1. The molecule has 0 aromatic carbocycles. The lowest BCUT2D eigenvalue weighted by Crippen LogP contribution is -2.47. The maximum Gasteiger partial charge on any atom is 0.111 e. The Balaban J connectivity index is 0. The average molecular weight is 292 g/mol. The van der Waals surface area contributed by atoms with Crippen molar-refractivity contribution in [3.63, 3.8) is 0 Å². The zero-order chi connectivity index (χ0) is 13.4. The highest BCUT2D eigenvalue weighted by atomic mass is 35.5. The lowest BCUT2D eigenvalue weighted by Gasteiger charge is -2.25. The molecule has 0 spiro atoms. The fourth-order valence-corrected chi connectivity index (χ4v) is 1.05. The van der Waals surface area contributed by atoms with Gasteiger partial charge in [0.1, 0.15) is 24.4 Å². The van der Waals surface area contributed by atoms with Crippen LogP contribution in [0, 0.1) is 0 Å². The van der Waals surface area contributed by atoms with Crippen molar-refractivity contribution in [2.24, 2.45) is 5.73 Å². The quantitative estimate of drug-likeness (QED) is 0.228. The van der Waals surface area contributed by atoms with Crippen LogP contribution in [0.25, 0.3) is 0 Å². The zero-order valence-electron chi connectivity index (χ0n) is 9.79. The number of aliphatic hydroxyl groups is 6. The van der Waals surface area contributed by atoms with Crippen molar-refractivity contribution >= 4 is 12.4 Å². The van der Waals surface area contributed by atoms with Gasteiger partial charge < -0.3 is 41.1 Å². The number of aliphatic hydroxyl groups excluding tert-OH is 6. The van der Waals surface area contributed by atoms with Crippen molar-refractivity contribution in [3.8, 4) is 0 Å². The third-order valence-electron chi connectivity index (χ3n) is 2.20. The van der Waals surface area contributed by atoms with Crippen molar-refractivity contribution in [1.29, 1.82) is 0 Å². The van der Waals surface area contributed by atoms with E-state index < -0.39 is 37.1 Å². The minimum atomic E-state index is -1.68. The summed E-state index contributed by atoms with van der Waals surface area (Å²) in [5.74, 6) is 0. The molecule has 0 aromatic rings. The maximum absolute atomic E-state index is 9.38. The van der Waals surface area contributed by atoms with E-state index in [0.717, 1.165) is 0 Å². The molecule has 0 heterocycles. The van der Waals surface area contributed by atoms with Gasteiger partial charge >= 0.3 is 0 Å². The van der Waals surface area contributed by atoms with Gasteiger partial charge in [-0.25, -0.2) is 0 Å². The molecule has 0 aliphatic heterocycles. The monoisotopic (exact) mass is 291 g/mol. The zero-order valence-corrected chi connectivity index (χ0v) is 10.6. The molecule has 9 heteroatoms. The molecule has 0 bridgehead atoms. The van der Waals surface area contributed by atoms with E-state index in [1.165, 1.54) is 0 Å². The van der Waals surface area contributed by atoms with Crippen LogP contribution in [0.2, 0.25) is 0 Å². The summed E-state index contributed by atoms with van der Waals surface area (Å²) in [5.41, 5.74) is 5.11. The minimum Gasteiger partial charge on any atom is -0.394 e. The largest absolute Gasteiger partial charge is 0.394 e. The molecule has 0 saturated heterocycles. The van der Waals surface area contributed by atoms with E-state index in [-0.39, 0.29) is 32.2 Å². The first-order chi connectivity index (χ1) is 7.93. The predicted octanol–water partition coefficient (Wildman–Crippen LogP) is -3.82. The normalized spacial score (nSPS) is 19.5. The highest BCUT2D eigenvalue weighted by Crippen LogP contribution is 2.05. The number of halogens is 1. The number of ether oxygens (including phenoxy) is 1. The predicted molar refractivity (Wildman–Crippen MR) is 64.2 cm³/mol. The van der Waals surface area contributed by atoms with Gasteiger partial charge in [-0.3, -0.25) is 0 Å². The second-order valence-electron chi connectivity index (χ2n) is 3.73. The third kappa shape index (κ3) is 7.41. The molecule has 0 aromatic heterocycles. The summed E-state index contributed by atoms with van der Waals surface area (Å²) in [7, 11) is 0. The van der Waals surface area contributed by atoms with E-state index in [4.69, 9.17) is 25.8 Å². The molecular weight excluding hydrogens is 270 g/mol. The summed E-state index contributed by atoms with van der Waals surface area (Å²) < 4.78 is 4.84. The van der Waals surface area contributed by atoms with Crippen LogP contribution in [-0.4, -0.2) is 87.5 Å². The topological polar surface area (TPSA) is 157 Å². The average Bonchev–Trinajstić information content (AvgIpc) is 2.35. The molecule has 0 fully saturated rings. The van der Waals surface area contributed by atoms with Crippen LogP contribution in [0.15, 0.2) is 0 Å². The Hall–Kier alpha value is -0.0300. The van der Waals surface area contributed by atoms with Gasteiger partial charge in [-0.05, 0) is 0 Å². The Bertz CT molecular complexity index is 200. The van der Waals surface area contributed by atoms with E-state index in [0.29, 0.717) is 0 Å². The Labute approximate surface area is 111 Å². The highest BCUT2D eigenvalue weighted by Gasteiger charge is 2.30. The van der Waals surface area contributed by atoms with Gasteiger partial charge in [0.25, 0.3) is 0 Å². The summed E-state index contributed by atoms with van der Waals surface area (Å²) in [6.45, 7) is -1.19. The lowest BCUT2D eigenvalue weighted by atomic mass is 10.0. The Morgan fingerprint density at radius 2 is 1.39 bits per heavy atom. The first kappa shape index (κ1) is 20.3. The molecule has 8 N–H and O–H groups in total. The Morgan fingerprint density at radius 3 is 1.83 bits per heavy atom. The Morgan fingerprint density at radius 1 is 0.889 bits per heavy atom. The van der Waals surface area contributed by atoms with Crippen LogP contribution in [-0.2, 0) is 4.74 Å². The number of hydrogen-bond acceptors (Lipinski definition) is 8. The Kier molecular flexibility index (Phi) is 12.2. The fraction of sp³-hybridized carbons (Fsp3) is 1.00. The lowest BCUT2D eigenvalue weighted by molar-refractivity contribution is -0.131. The number of rotatable bonds is 9. The second kappa shape index (κ2) is 10.9. The van der Waals surface area contributed by atoms with Crippen molar-refractivity contribution in [1.82, 2.24) is 0 Å². The molecule has 0 saturated carbocycles. The van der Waals surface area contributed by atoms with E-state index in [2.05, 4.69) is 0 Å². The molecule has 5 atom stereocenters. The van der Waals surface area contributed by atoms with Gasteiger partial charge in [0.05, 0.1) is 25.9 Å². The third-order valence-corrected chi connectivity index (χ3v) is 2.20. The summed E-state index contributed by atoms with van der Waals surface area (Å²) in [4.78, 5) is 0. The summed E-state index contributed by atoms with van der Waals surface area (Å²) in [5, 5.41) is 54.6. The molecule has 8 nitrogen and oxygen atoms in total. The van der Waals surface area contributed by atoms with Gasteiger partial charge in [-0.15, -0.1) is 12.4 Å². The minimum absolute atomic E-state index is 0. The van der Waals surface area contributed by atoms with E-state index in [1.54, 1.807) is 0 Å². The first-order valence-corrected chi connectivity index (χ1v) is 5.23. The highest BCUT2D eigenvalue weighted by molar-refractivity contribution is 5.85. The molecule has 18 heavy (non-hydrogen) atoms. The summed E-state index contributed by atoms with van der Waals surface area (Å²) in [6.07, 6.45) is -7.21. The van der Waals surface area contributed by atoms with Crippen LogP contribution in [0.1, 0.15) is 0 Å². The van der Waals surface area contributed by atoms with E-state index in [1.807, 2.05) is 0 Å². The SMILES string of the molecule is Cl.NCC(O)COCC(O)C(O)C(O)C(O)CO. The van der Waals surface area contributed by atoms with Gasteiger partial charge in [0.15, 0.2) is 0 Å². The molecule has 112 valence electrons. The number of hydrogen-bond donors (Lipinski definition) is 7. The van der Waals surface area contributed by atoms with Gasteiger partial charge in [-0.1, -0.05) is 0 Å². The van der Waals surface area contributed by atoms with Gasteiger partial charge in [0.2, 0.25) is 0 Å². The summed E-state index contributed by atoms with van der Waals surface area (Å²) in [6, 6.07) is 0. The maximum atomic E-state index is 9.38. The van der Waals surface area contributed by atoms with Crippen LogP contribution < -0.4 is 5.73 Å². The molecule has 5 unspecified atom stereocenters. The fourth-order valence-electron chi connectivity index (χ4n) is 1.05. The molecule has 0 radical (unpaired) electrons. The first-order valence-electron chi connectivity index (χ1n) is 5.23. The van der Waals surface area contributed by atoms with Gasteiger partial charge in [-0.2, -0.15) is 0 Å². The molecular formula is C9H22ClNO7. The standard InChI is InChI=1S/C9H21NO7.ClH/c10-1-5(12)3-17-4-7(14)9(16)8(15)6(13)2-11;/h5-9,11-16H,1-4,10H2;1H. The van der Waals surface area contributed by atoms with Crippen molar-refractivity contribution in [2.75, 3.05) is 26.4 Å². The van der Waals surface area contributed by atoms with Crippen LogP contribution in [0.4, 0.5) is 0 Å². The summed E-state index contributed by atoms with van der Waals surface area (Å²) >= 11 is 0. The van der Waals surface area contributed by atoms with Crippen molar-refractivity contribution in [3.05, 3.63) is 0 Å². The molecule has 0 rings (SSSR count). The van der Waals surface area contributed by atoms with Crippen LogP contribution in [0.5, 0.6) is 0 Å². The van der Waals surface area contributed by atoms with Crippen LogP contribution >= 0.6 is 12.4 Å².